The molecule has 1 aliphatic rings. The number of esters is 1. The van der Waals surface area contributed by atoms with Crippen LogP contribution in [0, 0.1) is 11.3 Å². The minimum Gasteiger partial charge on any atom is -0.489 e. The highest BCUT2D eigenvalue weighted by atomic mass is 35.5. The first kappa shape index (κ1) is 24.0. The van der Waals surface area contributed by atoms with Crippen molar-refractivity contribution < 1.29 is 19.0 Å². The Hall–Kier alpha value is -4.73. The Bertz CT molecular complexity index is 1530. The Labute approximate surface area is 219 Å². The van der Waals surface area contributed by atoms with Gasteiger partial charge in [0.25, 0.3) is 0 Å². The van der Waals surface area contributed by atoms with Gasteiger partial charge in [0, 0.05) is 16.7 Å². The molecule has 5 rings (SSSR count). The second kappa shape index (κ2) is 10.5. The number of benzene rings is 4. The number of nitrogens with two attached hydrogens (primary N) is 1. The second-order valence-corrected chi connectivity index (χ2v) is 8.80. The van der Waals surface area contributed by atoms with Gasteiger partial charge in [-0.05, 0) is 53.6 Å². The highest BCUT2D eigenvalue weighted by Crippen LogP contribution is 2.44. The molecule has 0 fully saturated rings. The number of hydrogen-bond acceptors (Lipinski definition) is 6. The summed E-state index contributed by atoms with van der Waals surface area (Å²) in [5, 5.41) is 10.4. The molecule has 182 valence electrons. The van der Waals surface area contributed by atoms with Crippen LogP contribution in [0.1, 0.15) is 33.0 Å². The number of nitriles is 1. The van der Waals surface area contributed by atoms with Crippen LogP contribution in [-0.2, 0) is 6.61 Å². The highest BCUT2D eigenvalue weighted by molar-refractivity contribution is 6.30. The van der Waals surface area contributed by atoms with Crippen LogP contribution in [-0.4, -0.2) is 5.97 Å². The maximum Gasteiger partial charge on any atom is 0.343 e. The molecule has 4 aromatic carbocycles. The minimum atomic E-state index is -0.534. The molecule has 0 aliphatic carbocycles. The number of hydrogen-bond donors (Lipinski definition) is 1. The quantitative estimate of drug-likeness (QED) is 0.240. The number of rotatable bonds is 6. The van der Waals surface area contributed by atoms with E-state index < -0.39 is 11.9 Å². The fourth-order valence-electron chi connectivity index (χ4n) is 4.12. The summed E-state index contributed by atoms with van der Waals surface area (Å²) >= 11 is 5.90. The molecule has 0 saturated carbocycles. The number of carbonyl (C=O) groups is 1. The maximum absolute atomic E-state index is 12.5. The molecule has 0 saturated heterocycles. The van der Waals surface area contributed by atoms with E-state index in [1.807, 2.05) is 54.6 Å². The van der Waals surface area contributed by atoms with Gasteiger partial charge in [-0.25, -0.2) is 4.79 Å². The van der Waals surface area contributed by atoms with Gasteiger partial charge in [0.15, 0.2) is 0 Å². The number of carbonyl (C=O) groups excluding carboxylic acids is 1. The molecule has 0 amide bonds. The zero-order valence-electron chi connectivity index (χ0n) is 19.6. The molecule has 1 heterocycles. The zero-order chi connectivity index (χ0) is 25.8. The molecule has 6 nitrogen and oxygen atoms in total. The first-order chi connectivity index (χ1) is 18.0. The summed E-state index contributed by atoms with van der Waals surface area (Å²) in [5.74, 6) is 0.336. The molecule has 2 N–H and O–H groups in total. The lowest BCUT2D eigenvalue weighted by atomic mass is 9.83. The molecule has 7 heteroatoms. The summed E-state index contributed by atoms with van der Waals surface area (Å²) in [7, 11) is 0. The van der Waals surface area contributed by atoms with E-state index in [2.05, 4.69) is 6.07 Å². The van der Waals surface area contributed by atoms with E-state index in [4.69, 9.17) is 31.5 Å². The summed E-state index contributed by atoms with van der Waals surface area (Å²) in [5.41, 5.74) is 9.38. The third-order valence-electron chi connectivity index (χ3n) is 5.92. The minimum absolute atomic E-state index is 0.00298. The number of ether oxygens (including phenoxy) is 3. The van der Waals surface area contributed by atoms with E-state index in [0.29, 0.717) is 34.3 Å². The SMILES string of the molecule is N#CC1=C(N)Oc2cc(OC(=O)c3ccc(Cl)cc3)ccc2C1c1cccc(OCc2ccccc2)c1. The van der Waals surface area contributed by atoms with Gasteiger partial charge in [0.05, 0.1) is 11.5 Å². The van der Waals surface area contributed by atoms with Crippen LogP contribution in [0.15, 0.2) is 109 Å². The van der Waals surface area contributed by atoms with Crippen molar-refractivity contribution in [2.75, 3.05) is 0 Å². The van der Waals surface area contributed by atoms with Crippen molar-refractivity contribution in [2.45, 2.75) is 12.5 Å². The molecule has 1 atom stereocenters. The Balaban J connectivity index is 1.42. The van der Waals surface area contributed by atoms with E-state index in [-0.39, 0.29) is 11.6 Å². The van der Waals surface area contributed by atoms with Crippen LogP contribution in [0.2, 0.25) is 5.02 Å². The fourth-order valence-corrected chi connectivity index (χ4v) is 4.24. The van der Waals surface area contributed by atoms with Crippen LogP contribution in [0.25, 0.3) is 0 Å². The molecule has 0 radical (unpaired) electrons. The van der Waals surface area contributed by atoms with Gasteiger partial charge < -0.3 is 19.9 Å². The normalized spacial score (nSPS) is 14.2. The van der Waals surface area contributed by atoms with Gasteiger partial charge in [-0.3, -0.25) is 0 Å². The van der Waals surface area contributed by atoms with Crippen LogP contribution < -0.4 is 19.9 Å². The predicted octanol–water partition coefficient (Wildman–Crippen LogP) is 6.36. The predicted molar refractivity (Wildman–Crippen MR) is 139 cm³/mol. The van der Waals surface area contributed by atoms with Gasteiger partial charge in [0.2, 0.25) is 5.88 Å². The monoisotopic (exact) mass is 508 g/mol. The lowest BCUT2D eigenvalue weighted by molar-refractivity contribution is 0.0734. The van der Waals surface area contributed by atoms with Crippen molar-refractivity contribution in [3.05, 3.63) is 136 Å². The van der Waals surface area contributed by atoms with Gasteiger partial charge in [-0.15, -0.1) is 0 Å². The fraction of sp³-hybridized carbons (Fsp3) is 0.0667. The molecule has 4 aromatic rings. The third kappa shape index (κ3) is 5.27. The second-order valence-electron chi connectivity index (χ2n) is 8.37. The molecule has 0 spiro atoms. The van der Waals surface area contributed by atoms with Crippen molar-refractivity contribution in [3.8, 4) is 23.3 Å². The van der Waals surface area contributed by atoms with E-state index in [9.17, 15) is 10.1 Å². The summed E-state index contributed by atoms with van der Waals surface area (Å²) in [6.45, 7) is 0.417. The summed E-state index contributed by atoms with van der Waals surface area (Å²) in [4.78, 5) is 12.5. The van der Waals surface area contributed by atoms with E-state index in [1.54, 1.807) is 42.5 Å². The van der Waals surface area contributed by atoms with E-state index >= 15 is 0 Å². The summed E-state index contributed by atoms with van der Waals surface area (Å²) in [6.07, 6.45) is 0. The van der Waals surface area contributed by atoms with Gasteiger partial charge in [-0.1, -0.05) is 60.1 Å². The topological polar surface area (TPSA) is 94.6 Å². The molecule has 1 aliphatic heterocycles. The molecule has 0 bridgehead atoms. The van der Waals surface area contributed by atoms with Gasteiger partial charge in [0.1, 0.15) is 35.5 Å². The average Bonchev–Trinajstić information content (AvgIpc) is 2.92. The zero-order valence-corrected chi connectivity index (χ0v) is 20.3. The van der Waals surface area contributed by atoms with Crippen molar-refractivity contribution >= 4 is 17.6 Å². The molecule has 1 unspecified atom stereocenters. The van der Waals surface area contributed by atoms with Crippen LogP contribution in [0.4, 0.5) is 0 Å². The number of allylic oxidation sites excluding steroid dienone is 1. The third-order valence-corrected chi connectivity index (χ3v) is 6.17. The standard InChI is InChI=1S/C30H21ClN2O4/c31-22-11-9-20(10-12-22)30(34)36-24-13-14-25-27(16-24)37-29(33)26(17-32)28(25)21-7-4-8-23(15-21)35-18-19-5-2-1-3-6-19/h1-16,28H,18,33H2. The molecular formula is C30H21ClN2O4. The Kier molecular flexibility index (Phi) is 6.80. The van der Waals surface area contributed by atoms with Crippen LogP contribution >= 0.6 is 11.6 Å². The van der Waals surface area contributed by atoms with Crippen molar-refractivity contribution in [3.63, 3.8) is 0 Å². The number of halogens is 1. The lowest BCUT2D eigenvalue weighted by Gasteiger charge is -2.27. The Morgan fingerprint density at radius 1 is 0.946 bits per heavy atom. The van der Waals surface area contributed by atoms with Gasteiger partial charge in [-0.2, -0.15) is 5.26 Å². The first-order valence-corrected chi connectivity index (χ1v) is 11.9. The van der Waals surface area contributed by atoms with E-state index in [1.165, 1.54) is 0 Å². The molecular weight excluding hydrogens is 488 g/mol. The number of nitrogens with zero attached hydrogens (tertiary/aromatic N) is 1. The summed E-state index contributed by atoms with van der Waals surface area (Å²) in [6, 6.07) is 31.0. The van der Waals surface area contributed by atoms with Gasteiger partial charge >= 0.3 is 5.97 Å². The highest BCUT2D eigenvalue weighted by Gasteiger charge is 2.31. The number of fused-ring (bicyclic) bond motifs is 1. The summed E-state index contributed by atoms with van der Waals surface area (Å²) < 4.78 is 17.3. The Morgan fingerprint density at radius 2 is 1.73 bits per heavy atom. The van der Waals surface area contributed by atoms with Crippen LogP contribution in [0.5, 0.6) is 17.2 Å². The Morgan fingerprint density at radius 3 is 2.49 bits per heavy atom. The van der Waals surface area contributed by atoms with Crippen molar-refractivity contribution in [1.29, 1.82) is 5.26 Å². The van der Waals surface area contributed by atoms with Crippen LogP contribution in [0.3, 0.4) is 0 Å². The van der Waals surface area contributed by atoms with Crippen molar-refractivity contribution in [1.82, 2.24) is 0 Å². The average molecular weight is 509 g/mol. The lowest BCUT2D eigenvalue weighted by Crippen LogP contribution is -2.21. The largest absolute Gasteiger partial charge is 0.489 e. The first-order valence-electron chi connectivity index (χ1n) is 11.5. The maximum atomic E-state index is 12.5. The molecule has 0 aromatic heterocycles. The van der Waals surface area contributed by atoms with E-state index in [0.717, 1.165) is 16.7 Å². The molecule has 37 heavy (non-hydrogen) atoms. The smallest absolute Gasteiger partial charge is 0.343 e. The van der Waals surface area contributed by atoms with Crippen molar-refractivity contribution in [2.24, 2.45) is 5.73 Å².